The molecule has 2 N–H and O–H groups in total. The molecule has 0 aliphatic rings. The average molecular weight is 366 g/mol. The number of ether oxygens (including phenoxy) is 1. The molecule has 1 atom stereocenters. The number of aliphatic carboxylic acids is 1. The minimum Gasteiger partial charge on any atom is -0.482 e. The molecule has 0 saturated heterocycles. The number of carbonyl (C=O) groups excluding carboxylic acids is 1. The number of nitrogens with zero attached hydrogens (tertiary/aromatic N) is 3. The first-order chi connectivity index (χ1) is 13.0. The highest BCUT2D eigenvalue weighted by atomic mass is 16.5. The molecule has 1 amide bonds. The van der Waals surface area contributed by atoms with Gasteiger partial charge in [-0.1, -0.05) is 17.3 Å². The molecule has 8 nitrogen and oxygen atoms in total. The Morgan fingerprint density at radius 1 is 1.15 bits per heavy atom. The Labute approximate surface area is 155 Å². The van der Waals surface area contributed by atoms with Crippen molar-refractivity contribution in [2.45, 2.75) is 13.0 Å². The standard InChI is InChI=1S/C19H18N4O4/c1-13(14-2-6-16(7-3-14)23-11-10-20-22-23)21-19(26)15-4-8-17(9-5-15)27-12-18(24)25/h2-11,13H,12H2,1H3,(H,21,26)(H,24,25). The minimum absolute atomic E-state index is 0.190. The molecular weight excluding hydrogens is 348 g/mol. The van der Waals surface area contributed by atoms with Crippen molar-refractivity contribution in [2.75, 3.05) is 6.61 Å². The van der Waals surface area contributed by atoms with Gasteiger partial charge < -0.3 is 15.2 Å². The highest BCUT2D eigenvalue weighted by Crippen LogP contribution is 2.17. The summed E-state index contributed by atoms with van der Waals surface area (Å²) in [5, 5.41) is 19.2. The zero-order chi connectivity index (χ0) is 19.2. The largest absolute Gasteiger partial charge is 0.482 e. The summed E-state index contributed by atoms with van der Waals surface area (Å²) in [6, 6.07) is 13.8. The number of aromatic nitrogens is 3. The molecule has 0 spiro atoms. The first-order valence-electron chi connectivity index (χ1n) is 8.25. The van der Waals surface area contributed by atoms with Crippen LogP contribution in [0.1, 0.15) is 28.9 Å². The number of carboxylic acid groups (broad SMARTS) is 1. The fraction of sp³-hybridized carbons (Fsp3) is 0.158. The molecule has 27 heavy (non-hydrogen) atoms. The monoisotopic (exact) mass is 366 g/mol. The van der Waals surface area contributed by atoms with Crippen LogP contribution >= 0.6 is 0 Å². The van der Waals surface area contributed by atoms with Crippen LogP contribution < -0.4 is 10.1 Å². The van der Waals surface area contributed by atoms with Crippen LogP contribution in [0.5, 0.6) is 5.75 Å². The van der Waals surface area contributed by atoms with Gasteiger partial charge in [0.15, 0.2) is 6.61 Å². The van der Waals surface area contributed by atoms with Gasteiger partial charge in [0.25, 0.3) is 5.91 Å². The van der Waals surface area contributed by atoms with Crippen molar-refractivity contribution in [2.24, 2.45) is 0 Å². The van der Waals surface area contributed by atoms with Crippen molar-refractivity contribution in [3.63, 3.8) is 0 Å². The van der Waals surface area contributed by atoms with E-state index < -0.39 is 12.6 Å². The lowest BCUT2D eigenvalue weighted by Gasteiger charge is -2.15. The highest BCUT2D eigenvalue weighted by Gasteiger charge is 2.12. The second-order valence-corrected chi connectivity index (χ2v) is 5.84. The molecule has 3 rings (SSSR count). The summed E-state index contributed by atoms with van der Waals surface area (Å²) in [7, 11) is 0. The predicted octanol–water partition coefficient (Wildman–Crippen LogP) is 2.22. The quantitative estimate of drug-likeness (QED) is 0.664. The number of hydrogen-bond acceptors (Lipinski definition) is 5. The first kappa shape index (κ1) is 18.1. The van der Waals surface area contributed by atoms with E-state index in [1.54, 1.807) is 41.3 Å². The van der Waals surface area contributed by atoms with Crippen LogP contribution in [0.3, 0.4) is 0 Å². The summed E-state index contributed by atoms with van der Waals surface area (Å²) in [6.45, 7) is 1.47. The maximum absolute atomic E-state index is 12.4. The van der Waals surface area contributed by atoms with E-state index in [0.29, 0.717) is 11.3 Å². The Kier molecular flexibility index (Phi) is 5.46. The van der Waals surface area contributed by atoms with Crippen LogP contribution in [0.2, 0.25) is 0 Å². The molecule has 0 fully saturated rings. The zero-order valence-corrected chi connectivity index (χ0v) is 14.6. The summed E-state index contributed by atoms with van der Waals surface area (Å²) in [4.78, 5) is 22.9. The van der Waals surface area contributed by atoms with Gasteiger partial charge in [-0.15, -0.1) is 5.10 Å². The normalized spacial score (nSPS) is 11.6. The van der Waals surface area contributed by atoms with E-state index in [9.17, 15) is 9.59 Å². The van der Waals surface area contributed by atoms with Gasteiger partial charge >= 0.3 is 5.97 Å². The van der Waals surface area contributed by atoms with Crippen molar-refractivity contribution in [3.05, 3.63) is 72.1 Å². The molecule has 0 saturated carbocycles. The summed E-state index contributed by atoms with van der Waals surface area (Å²) in [6.07, 6.45) is 3.36. The second-order valence-electron chi connectivity index (χ2n) is 5.84. The van der Waals surface area contributed by atoms with Gasteiger partial charge in [-0.3, -0.25) is 4.79 Å². The maximum atomic E-state index is 12.4. The van der Waals surface area contributed by atoms with E-state index in [0.717, 1.165) is 11.3 Å². The third kappa shape index (κ3) is 4.69. The molecule has 8 heteroatoms. The Bertz CT molecular complexity index is 906. The van der Waals surface area contributed by atoms with E-state index in [-0.39, 0.29) is 11.9 Å². The fourth-order valence-corrected chi connectivity index (χ4v) is 2.47. The summed E-state index contributed by atoms with van der Waals surface area (Å²) < 4.78 is 6.71. The van der Waals surface area contributed by atoms with E-state index in [2.05, 4.69) is 15.6 Å². The lowest BCUT2D eigenvalue weighted by Crippen LogP contribution is -2.26. The fourth-order valence-electron chi connectivity index (χ4n) is 2.47. The van der Waals surface area contributed by atoms with Crippen molar-refractivity contribution < 1.29 is 19.4 Å². The number of rotatable bonds is 7. The lowest BCUT2D eigenvalue weighted by molar-refractivity contribution is -0.139. The lowest BCUT2D eigenvalue weighted by atomic mass is 10.1. The molecular formula is C19H18N4O4. The molecule has 1 aromatic heterocycles. The summed E-state index contributed by atoms with van der Waals surface area (Å²) in [5.74, 6) is -0.890. The van der Waals surface area contributed by atoms with Crippen molar-refractivity contribution in [1.82, 2.24) is 20.3 Å². The smallest absolute Gasteiger partial charge is 0.341 e. The van der Waals surface area contributed by atoms with Gasteiger partial charge in [0.05, 0.1) is 24.1 Å². The topological polar surface area (TPSA) is 106 Å². The number of carboxylic acids is 1. The van der Waals surface area contributed by atoms with Crippen LogP contribution in [0.15, 0.2) is 60.9 Å². The Morgan fingerprint density at radius 2 is 1.85 bits per heavy atom. The number of amides is 1. The van der Waals surface area contributed by atoms with Gasteiger partial charge in [0.2, 0.25) is 0 Å². The van der Waals surface area contributed by atoms with Gasteiger partial charge in [-0.05, 0) is 48.9 Å². The van der Waals surface area contributed by atoms with E-state index in [4.69, 9.17) is 9.84 Å². The number of hydrogen-bond donors (Lipinski definition) is 2. The molecule has 3 aromatic rings. The molecule has 138 valence electrons. The molecule has 0 bridgehead atoms. The molecule has 0 aliphatic heterocycles. The predicted molar refractivity (Wildman–Crippen MR) is 96.8 cm³/mol. The van der Waals surface area contributed by atoms with E-state index >= 15 is 0 Å². The molecule has 0 aliphatic carbocycles. The van der Waals surface area contributed by atoms with Gasteiger partial charge in [-0.2, -0.15) is 0 Å². The van der Waals surface area contributed by atoms with Crippen LogP contribution in [-0.4, -0.2) is 38.6 Å². The van der Waals surface area contributed by atoms with Crippen LogP contribution in [0.4, 0.5) is 0 Å². The molecule has 1 unspecified atom stereocenters. The second kappa shape index (κ2) is 8.13. The number of benzene rings is 2. The zero-order valence-electron chi connectivity index (χ0n) is 14.6. The third-order valence-electron chi connectivity index (χ3n) is 3.91. The molecule has 0 radical (unpaired) electrons. The summed E-state index contributed by atoms with van der Waals surface area (Å²) >= 11 is 0. The van der Waals surface area contributed by atoms with Crippen molar-refractivity contribution >= 4 is 11.9 Å². The average Bonchev–Trinajstić information content (AvgIpc) is 3.21. The Morgan fingerprint density at radius 3 is 2.44 bits per heavy atom. The number of carbonyl (C=O) groups is 2. The number of nitrogens with one attached hydrogen (secondary N) is 1. The van der Waals surface area contributed by atoms with Crippen molar-refractivity contribution in [1.29, 1.82) is 0 Å². The highest BCUT2D eigenvalue weighted by molar-refractivity contribution is 5.94. The minimum atomic E-state index is -1.06. The van der Waals surface area contributed by atoms with Gasteiger partial charge in [-0.25, -0.2) is 9.48 Å². The van der Waals surface area contributed by atoms with Gasteiger partial charge in [0, 0.05) is 5.56 Å². The maximum Gasteiger partial charge on any atom is 0.341 e. The van der Waals surface area contributed by atoms with Gasteiger partial charge in [0.1, 0.15) is 5.75 Å². The molecule has 2 aromatic carbocycles. The Hall–Kier alpha value is -3.68. The molecule has 1 heterocycles. The van der Waals surface area contributed by atoms with Crippen molar-refractivity contribution in [3.8, 4) is 11.4 Å². The van der Waals surface area contributed by atoms with E-state index in [1.165, 1.54) is 0 Å². The van der Waals surface area contributed by atoms with Crippen LogP contribution in [0.25, 0.3) is 5.69 Å². The van der Waals surface area contributed by atoms with Crippen LogP contribution in [-0.2, 0) is 4.79 Å². The summed E-state index contributed by atoms with van der Waals surface area (Å²) in [5.41, 5.74) is 2.30. The van der Waals surface area contributed by atoms with E-state index in [1.807, 2.05) is 31.2 Å². The van der Waals surface area contributed by atoms with Crippen LogP contribution in [0, 0.1) is 0 Å². The Balaban J connectivity index is 1.60. The first-order valence-corrected chi connectivity index (χ1v) is 8.25. The SMILES string of the molecule is CC(NC(=O)c1ccc(OCC(=O)O)cc1)c1ccc(-n2ccnn2)cc1. The third-order valence-corrected chi connectivity index (χ3v) is 3.91.